The van der Waals surface area contributed by atoms with Crippen molar-refractivity contribution in [2.45, 2.75) is 19.3 Å². The van der Waals surface area contributed by atoms with Crippen molar-refractivity contribution in [2.24, 2.45) is 0 Å². The third-order valence-electron chi connectivity index (χ3n) is 3.83. The highest BCUT2D eigenvalue weighted by Gasteiger charge is 2.22. The summed E-state index contributed by atoms with van der Waals surface area (Å²) in [6.07, 6.45) is 3.12. The zero-order chi connectivity index (χ0) is 15.5. The van der Waals surface area contributed by atoms with Crippen LogP contribution in [-0.2, 0) is 0 Å². The first kappa shape index (κ1) is 14.5. The molecular weight excluding hydrogens is 272 g/mol. The van der Waals surface area contributed by atoms with Crippen LogP contribution in [0.4, 0.5) is 0 Å². The van der Waals surface area contributed by atoms with Crippen LogP contribution in [0, 0.1) is 0 Å². The lowest BCUT2D eigenvalue weighted by Crippen LogP contribution is -2.09. The van der Waals surface area contributed by atoms with E-state index < -0.39 is 0 Å². The molecule has 22 heavy (non-hydrogen) atoms. The fourth-order valence-electron chi connectivity index (χ4n) is 2.76. The lowest BCUT2D eigenvalue weighted by molar-refractivity contribution is 0.414. The Morgan fingerprint density at radius 2 is 1.86 bits per heavy atom. The molecule has 2 aromatic carbocycles. The third kappa shape index (κ3) is 2.91. The first-order valence-corrected chi connectivity index (χ1v) is 7.45. The monoisotopic (exact) mass is 292 g/mol. The Kier molecular flexibility index (Phi) is 4.01. The van der Waals surface area contributed by atoms with Gasteiger partial charge in [-0.05, 0) is 49.8 Å². The molecule has 2 aromatic rings. The summed E-state index contributed by atoms with van der Waals surface area (Å²) in [6.45, 7) is 6.12. The van der Waals surface area contributed by atoms with Crippen LogP contribution in [0.3, 0.4) is 0 Å². The molecule has 2 heteroatoms. The summed E-state index contributed by atoms with van der Waals surface area (Å²) in [5, 5.41) is 0. The molecule has 0 bridgehead atoms. The first-order valence-electron chi connectivity index (χ1n) is 7.45. The number of fused-ring (bicyclic) bond motifs is 1. The molecule has 2 nitrogen and oxygen atoms in total. The summed E-state index contributed by atoms with van der Waals surface area (Å²) in [5.41, 5.74) is 3.46. The van der Waals surface area contributed by atoms with Crippen molar-refractivity contribution in [1.82, 2.24) is 0 Å². The number of benzene rings is 2. The molecule has 1 heterocycles. The van der Waals surface area contributed by atoms with E-state index in [1.54, 1.807) is 7.11 Å². The van der Waals surface area contributed by atoms with Crippen LogP contribution in [0.25, 0.3) is 5.76 Å². The number of para-hydroxylation sites is 1. The minimum atomic E-state index is 0.305. The molecule has 1 aliphatic heterocycles. The van der Waals surface area contributed by atoms with Crippen LogP contribution in [0.5, 0.6) is 11.5 Å². The second-order valence-electron chi connectivity index (χ2n) is 5.67. The molecule has 3 rings (SSSR count). The van der Waals surface area contributed by atoms with Crippen LogP contribution in [0.15, 0.2) is 66.8 Å². The molecule has 1 aliphatic rings. The maximum atomic E-state index is 6.09. The van der Waals surface area contributed by atoms with Gasteiger partial charge in [0, 0.05) is 17.0 Å². The largest absolute Gasteiger partial charge is 0.497 e. The van der Waals surface area contributed by atoms with Crippen LogP contribution in [0.1, 0.15) is 30.4 Å². The summed E-state index contributed by atoms with van der Waals surface area (Å²) < 4.78 is 11.3. The molecule has 0 aromatic heterocycles. The van der Waals surface area contributed by atoms with Gasteiger partial charge in [0.15, 0.2) is 0 Å². The fourth-order valence-corrected chi connectivity index (χ4v) is 2.76. The van der Waals surface area contributed by atoms with E-state index in [-0.39, 0.29) is 0 Å². The standard InChI is InChI=1S/C20H20O2/c1-14(2)12-16-13-20(15-8-10-17(21-3)11-9-15)22-19-7-5-4-6-18(16)19/h4-11,13,16H,1,12H2,2-3H3. The summed E-state index contributed by atoms with van der Waals surface area (Å²) in [7, 11) is 1.67. The number of allylic oxidation sites excluding steroid dienone is 2. The number of rotatable bonds is 4. The molecular formula is C20H20O2. The van der Waals surface area contributed by atoms with E-state index in [0.717, 1.165) is 29.2 Å². The lowest BCUT2D eigenvalue weighted by Gasteiger charge is -2.25. The fraction of sp³-hybridized carbons (Fsp3) is 0.200. The molecule has 1 unspecified atom stereocenters. The molecule has 0 radical (unpaired) electrons. The highest BCUT2D eigenvalue weighted by atomic mass is 16.5. The topological polar surface area (TPSA) is 18.5 Å². The Balaban J connectivity index is 1.97. The van der Waals surface area contributed by atoms with Gasteiger partial charge in [-0.15, -0.1) is 6.58 Å². The molecule has 0 spiro atoms. The van der Waals surface area contributed by atoms with Gasteiger partial charge in [0.05, 0.1) is 7.11 Å². The Morgan fingerprint density at radius 3 is 2.55 bits per heavy atom. The van der Waals surface area contributed by atoms with E-state index in [1.807, 2.05) is 36.4 Å². The van der Waals surface area contributed by atoms with Gasteiger partial charge in [0.1, 0.15) is 17.3 Å². The highest BCUT2D eigenvalue weighted by Crippen LogP contribution is 2.40. The van der Waals surface area contributed by atoms with Crippen LogP contribution in [-0.4, -0.2) is 7.11 Å². The molecule has 1 atom stereocenters. The van der Waals surface area contributed by atoms with Crippen LogP contribution in [0.2, 0.25) is 0 Å². The Labute approximate surface area is 131 Å². The molecule has 0 saturated heterocycles. The van der Waals surface area contributed by atoms with Crippen molar-refractivity contribution in [2.75, 3.05) is 7.11 Å². The van der Waals surface area contributed by atoms with Crippen molar-refractivity contribution < 1.29 is 9.47 Å². The average molecular weight is 292 g/mol. The maximum Gasteiger partial charge on any atom is 0.131 e. The summed E-state index contributed by atoms with van der Waals surface area (Å²) in [6, 6.07) is 16.2. The molecule has 112 valence electrons. The molecule has 0 amide bonds. The SMILES string of the molecule is C=C(C)CC1C=C(c2ccc(OC)cc2)Oc2ccccc21. The third-order valence-corrected chi connectivity index (χ3v) is 3.83. The second-order valence-corrected chi connectivity index (χ2v) is 5.67. The maximum absolute atomic E-state index is 6.09. The van der Waals surface area contributed by atoms with Crippen molar-refractivity contribution in [3.05, 3.63) is 77.9 Å². The summed E-state index contributed by atoms with van der Waals surface area (Å²) in [4.78, 5) is 0. The van der Waals surface area contributed by atoms with Crippen molar-refractivity contribution in [3.8, 4) is 11.5 Å². The van der Waals surface area contributed by atoms with E-state index in [0.29, 0.717) is 5.92 Å². The molecule has 0 aliphatic carbocycles. The van der Waals surface area contributed by atoms with Gasteiger partial charge in [-0.3, -0.25) is 0 Å². The quantitative estimate of drug-likeness (QED) is 0.723. The van der Waals surface area contributed by atoms with Gasteiger partial charge in [0.25, 0.3) is 0 Å². The van der Waals surface area contributed by atoms with Gasteiger partial charge in [-0.2, -0.15) is 0 Å². The van der Waals surface area contributed by atoms with Crippen LogP contribution < -0.4 is 9.47 Å². The zero-order valence-electron chi connectivity index (χ0n) is 13.0. The minimum Gasteiger partial charge on any atom is -0.497 e. The second kappa shape index (κ2) is 6.10. The predicted molar refractivity (Wildman–Crippen MR) is 90.2 cm³/mol. The summed E-state index contributed by atoms with van der Waals surface area (Å²) in [5.74, 6) is 2.98. The number of hydrogen-bond donors (Lipinski definition) is 0. The molecule has 0 fully saturated rings. The van der Waals surface area contributed by atoms with E-state index in [1.165, 1.54) is 11.1 Å². The number of methoxy groups -OCH3 is 1. The van der Waals surface area contributed by atoms with E-state index in [4.69, 9.17) is 9.47 Å². The van der Waals surface area contributed by atoms with Crippen molar-refractivity contribution in [1.29, 1.82) is 0 Å². The lowest BCUT2D eigenvalue weighted by atomic mass is 9.89. The Bertz CT molecular complexity index is 711. The van der Waals surface area contributed by atoms with Crippen molar-refractivity contribution >= 4 is 5.76 Å². The van der Waals surface area contributed by atoms with Gasteiger partial charge in [-0.1, -0.05) is 23.8 Å². The van der Waals surface area contributed by atoms with Crippen LogP contribution >= 0.6 is 0 Å². The highest BCUT2D eigenvalue weighted by molar-refractivity contribution is 5.67. The van der Waals surface area contributed by atoms with Gasteiger partial charge in [0.2, 0.25) is 0 Å². The summed E-state index contributed by atoms with van der Waals surface area (Å²) >= 11 is 0. The van der Waals surface area contributed by atoms with Gasteiger partial charge >= 0.3 is 0 Å². The van der Waals surface area contributed by atoms with Gasteiger partial charge in [-0.25, -0.2) is 0 Å². The Hall–Kier alpha value is -2.48. The number of ether oxygens (including phenoxy) is 2. The van der Waals surface area contributed by atoms with Gasteiger partial charge < -0.3 is 9.47 Å². The van der Waals surface area contributed by atoms with E-state index in [2.05, 4.69) is 31.7 Å². The smallest absolute Gasteiger partial charge is 0.131 e. The van der Waals surface area contributed by atoms with Crippen molar-refractivity contribution in [3.63, 3.8) is 0 Å². The predicted octanol–water partition coefficient (Wildman–Crippen LogP) is 5.18. The first-order chi connectivity index (χ1) is 10.7. The normalized spacial score (nSPS) is 16.3. The average Bonchev–Trinajstić information content (AvgIpc) is 2.54. The number of hydrogen-bond acceptors (Lipinski definition) is 2. The molecule has 0 N–H and O–H groups in total. The van der Waals surface area contributed by atoms with E-state index in [9.17, 15) is 0 Å². The molecule has 0 saturated carbocycles. The minimum absolute atomic E-state index is 0.305. The Morgan fingerprint density at radius 1 is 1.14 bits per heavy atom. The van der Waals surface area contributed by atoms with E-state index >= 15 is 0 Å². The zero-order valence-corrected chi connectivity index (χ0v) is 13.0.